The first kappa shape index (κ1) is 15.3. The highest BCUT2D eigenvalue weighted by Crippen LogP contribution is 2.21. The number of ether oxygens (including phenoxy) is 1. The summed E-state index contributed by atoms with van der Waals surface area (Å²) in [5.41, 5.74) is 1.07. The highest BCUT2D eigenvalue weighted by molar-refractivity contribution is 5.16. The number of aromatic nitrogens is 1. The molecular formula is C17H28N2O. The maximum atomic E-state index is 6.06. The lowest BCUT2D eigenvalue weighted by atomic mass is 10.1. The second kappa shape index (κ2) is 8.25. The molecule has 1 N–H and O–H groups in total. The van der Waals surface area contributed by atoms with E-state index in [0.29, 0.717) is 12.0 Å². The first-order valence-electron chi connectivity index (χ1n) is 8.07. The molecule has 0 radical (unpaired) electrons. The Morgan fingerprint density at radius 2 is 1.95 bits per heavy atom. The highest BCUT2D eigenvalue weighted by Gasteiger charge is 2.14. The third-order valence-corrected chi connectivity index (χ3v) is 3.73. The minimum atomic E-state index is 0.365. The number of pyridine rings is 1. The normalized spacial score (nSPS) is 17.1. The lowest BCUT2D eigenvalue weighted by Crippen LogP contribution is -2.20. The van der Waals surface area contributed by atoms with E-state index < -0.39 is 0 Å². The molecule has 0 unspecified atom stereocenters. The Labute approximate surface area is 123 Å². The van der Waals surface area contributed by atoms with E-state index in [2.05, 4.69) is 30.2 Å². The second-order valence-corrected chi connectivity index (χ2v) is 6.22. The maximum Gasteiger partial charge on any atom is 0.213 e. The van der Waals surface area contributed by atoms with Crippen molar-refractivity contribution in [3.8, 4) is 5.88 Å². The smallest absolute Gasteiger partial charge is 0.213 e. The van der Waals surface area contributed by atoms with Crippen LogP contribution in [0.2, 0.25) is 0 Å². The monoisotopic (exact) mass is 276 g/mol. The topological polar surface area (TPSA) is 34.1 Å². The van der Waals surface area contributed by atoms with Gasteiger partial charge in [0.25, 0.3) is 0 Å². The van der Waals surface area contributed by atoms with Crippen LogP contribution in [-0.4, -0.2) is 17.6 Å². The van der Waals surface area contributed by atoms with Crippen LogP contribution in [0.1, 0.15) is 58.1 Å². The number of rotatable bonds is 6. The van der Waals surface area contributed by atoms with E-state index >= 15 is 0 Å². The van der Waals surface area contributed by atoms with E-state index in [0.717, 1.165) is 24.7 Å². The molecule has 20 heavy (non-hydrogen) atoms. The molecule has 0 aliphatic heterocycles. The van der Waals surface area contributed by atoms with Crippen molar-refractivity contribution in [2.75, 3.05) is 6.54 Å². The minimum Gasteiger partial charge on any atom is -0.474 e. The zero-order valence-electron chi connectivity index (χ0n) is 12.9. The van der Waals surface area contributed by atoms with Gasteiger partial charge in [-0.25, -0.2) is 4.98 Å². The van der Waals surface area contributed by atoms with Gasteiger partial charge >= 0.3 is 0 Å². The van der Waals surface area contributed by atoms with Crippen molar-refractivity contribution in [3.05, 3.63) is 23.9 Å². The molecule has 0 atom stereocenters. The van der Waals surface area contributed by atoms with E-state index in [1.165, 1.54) is 38.5 Å². The predicted molar refractivity (Wildman–Crippen MR) is 82.9 cm³/mol. The molecule has 1 heterocycles. The molecule has 0 aromatic carbocycles. The Kier molecular flexibility index (Phi) is 6.31. The van der Waals surface area contributed by atoms with Crippen molar-refractivity contribution in [1.29, 1.82) is 0 Å². The van der Waals surface area contributed by atoms with E-state index in [-0.39, 0.29) is 0 Å². The summed E-state index contributed by atoms with van der Waals surface area (Å²) in [6, 6.07) is 6.09. The standard InChI is InChI=1S/C17H28N2O/c1-14(2)12-18-13-15-8-7-11-17(19-15)20-16-9-5-3-4-6-10-16/h7-8,11,14,16,18H,3-6,9-10,12-13H2,1-2H3. The maximum absolute atomic E-state index is 6.06. The van der Waals surface area contributed by atoms with Crippen molar-refractivity contribution in [2.24, 2.45) is 5.92 Å². The number of hydrogen-bond donors (Lipinski definition) is 1. The summed E-state index contributed by atoms with van der Waals surface area (Å²) >= 11 is 0. The number of nitrogens with zero attached hydrogens (tertiary/aromatic N) is 1. The van der Waals surface area contributed by atoms with Crippen molar-refractivity contribution >= 4 is 0 Å². The van der Waals surface area contributed by atoms with Gasteiger partial charge in [0.2, 0.25) is 5.88 Å². The van der Waals surface area contributed by atoms with Crippen molar-refractivity contribution in [2.45, 2.75) is 65.0 Å². The molecule has 1 aromatic heterocycles. The summed E-state index contributed by atoms with van der Waals surface area (Å²) < 4.78 is 6.06. The zero-order valence-corrected chi connectivity index (χ0v) is 12.9. The van der Waals surface area contributed by atoms with Gasteiger partial charge in [0, 0.05) is 12.6 Å². The average Bonchev–Trinajstić information content (AvgIpc) is 2.67. The van der Waals surface area contributed by atoms with Crippen molar-refractivity contribution in [1.82, 2.24) is 10.3 Å². The van der Waals surface area contributed by atoms with Gasteiger partial charge in [0.15, 0.2) is 0 Å². The Morgan fingerprint density at radius 3 is 2.65 bits per heavy atom. The van der Waals surface area contributed by atoms with E-state index in [1.807, 2.05) is 12.1 Å². The van der Waals surface area contributed by atoms with Gasteiger partial charge in [0.1, 0.15) is 6.10 Å². The number of nitrogens with one attached hydrogen (secondary N) is 1. The van der Waals surface area contributed by atoms with E-state index in [1.54, 1.807) is 0 Å². The lowest BCUT2D eigenvalue weighted by Gasteiger charge is -2.16. The summed E-state index contributed by atoms with van der Waals surface area (Å²) in [6.07, 6.45) is 8.01. The highest BCUT2D eigenvalue weighted by atomic mass is 16.5. The summed E-state index contributed by atoms with van der Waals surface area (Å²) in [6.45, 7) is 6.27. The molecule has 1 fully saturated rings. The first-order chi connectivity index (χ1) is 9.74. The van der Waals surface area contributed by atoms with Gasteiger partial charge in [0.05, 0.1) is 5.69 Å². The molecule has 1 saturated carbocycles. The van der Waals surface area contributed by atoms with Crippen LogP contribution in [0.15, 0.2) is 18.2 Å². The molecular weight excluding hydrogens is 248 g/mol. The third kappa shape index (κ3) is 5.49. The molecule has 0 amide bonds. The van der Waals surface area contributed by atoms with Crippen molar-refractivity contribution < 1.29 is 4.74 Å². The summed E-state index contributed by atoms with van der Waals surface area (Å²) in [5.74, 6) is 1.46. The van der Waals surface area contributed by atoms with Crippen LogP contribution < -0.4 is 10.1 Å². The largest absolute Gasteiger partial charge is 0.474 e. The zero-order chi connectivity index (χ0) is 14.2. The van der Waals surface area contributed by atoms with Crippen LogP contribution in [0.3, 0.4) is 0 Å². The quantitative estimate of drug-likeness (QED) is 0.799. The Hall–Kier alpha value is -1.09. The van der Waals surface area contributed by atoms with Gasteiger partial charge in [-0.15, -0.1) is 0 Å². The van der Waals surface area contributed by atoms with Crippen molar-refractivity contribution in [3.63, 3.8) is 0 Å². The minimum absolute atomic E-state index is 0.365. The Balaban J connectivity index is 1.84. The second-order valence-electron chi connectivity index (χ2n) is 6.22. The van der Waals surface area contributed by atoms with Gasteiger partial charge in [-0.1, -0.05) is 32.8 Å². The molecule has 112 valence electrons. The van der Waals surface area contributed by atoms with Crippen LogP contribution in [0.25, 0.3) is 0 Å². The van der Waals surface area contributed by atoms with Crippen LogP contribution in [-0.2, 0) is 6.54 Å². The van der Waals surface area contributed by atoms with E-state index in [9.17, 15) is 0 Å². The molecule has 1 aliphatic carbocycles. The van der Waals surface area contributed by atoms with Crippen LogP contribution >= 0.6 is 0 Å². The van der Waals surface area contributed by atoms with Gasteiger partial charge in [-0.2, -0.15) is 0 Å². The Bertz CT molecular complexity index is 384. The van der Waals surface area contributed by atoms with Gasteiger partial charge in [-0.05, 0) is 44.2 Å². The molecule has 3 heteroatoms. The molecule has 1 aliphatic rings. The van der Waals surface area contributed by atoms with Crippen LogP contribution in [0.5, 0.6) is 5.88 Å². The third-order valence-electron chi connectivity index (χ3n) is 3.73. The molecule has 0 bridgehead atoms. The fraction of sp³-hybridized carbons (Fsp3) is 0.706. The molecule has 0 spiro atoms. The van der Waals surface area contributed by atoms with Gasteiger partial charge < -0.3 is 10.1 Å². The Morgan fingerprint density at radius 1 is 1.20 bits per heavy atom. The molecule has 3 nitrogen and oxygen atoms in total. The predicted octanol–water partition coefficient (Wildman–Crippen LogP) is 3.93. The fourth-order valence-electron chi connectivity index (χ4n) is 2.64. The lowest BCUT2D eigenvalue weighted by molar-refractivity contribution is 0.175. The molecule has 2 rings (SSSR count). The first-order valence-corrected chi connectivity index (χ1v) is 8.07. The van der Waals surface area contributed by atoms with Crippen LogP contribution in [0, 0.1) is 5.92 Å². The van der Waals surface area contributed by atoms with Crippen LogP contribution in [0.4, 0.5) is 0 Å². The molecule has 0 saturated heterocycles. The summed E-state index contributed by atoms with van der Waals surface area (Å²) in [4.78, 5) is 4.61. The summed E-state index contributed by atoms with van der Waals surface area (Å²) in [5, 5.41) is 3.42. The summed E-state index contributed by atoms with van der Waals surface area (Å²) in [7, 11) is 0. The fourth-order valence-corrected chi connectivity index (χ4v) is 2.64. The van der Waals surface area contributed by atoms with Gasteiger partial charge in [-0.3, -0.25) is 0 Å². The average molecular weight is 276 g/mol. The molecule has 1 aromatic rings. The SMILES string of the molecule is CC(C)CNCc1cccc(OC2CCCCCC2)n1. The number of hydrogen-bond acceptors (Lipinski definition) is 3. The van der Waals surface area contributed by atoms with E-state index in [4.69, 9.17) is 4.74 Å².